The number of primary amides is 1. The zero-order chi connectivity index (χ0) is 15.0. The van der Waals surface area contributed by atoms with E-state index >= 15 is 0 Å². The number of carboxylic acids is 1. The topological polar surface area (TPSA) is 113 Å². The number of aliphatic carboxylic acids is 1. The molecule has 0 radical (unpaired) electrons. The first-order valence-electron chi connectivity index (χ1n) is 5.98. The van der Waals surface area contributed by atoms with Crippen LogP contribution in [-0.2, 0) is 9.59 Å². The maximum Gasteiger partial charge on any atom is 0.326 e. The molecule has 19 heavy (non-hydrogen) atoms. The van der Waals surface area contributed by atoms with E-state index < -0.39 is 23.9 Å². The number of likely N-dealkylation sites (N-methyl/N-ethyl adjacent to an activating group) is 1. The van der Waals surface area contributed by atoms with Crippen LogP contribution in [-0.4, -0.2) is 47.0 Å². The number of carbonyl (C=O) groups is 3. The van der Waals surface area contributed by atoms with Gasteiger partial charge in [0.05, 0.1) is 0 Å². The van der Waals surface area contributed by atoms with Gasteiger partial charge in [-0.15, -0.1) is 0 Å². The van der Waals surface area contributed by atoms with Crippen molar-refractivity contribution in [1.29, 1.82) is 0 Å². The number of carboxylic acid groups (broad SMARTS) is 1. The molecule has 0 aromatic rings. The predicted octanol–water partition coefficient (Wildman–Crippen LogP) is 0.313. The Balaban J connectivity index is 4.55. The molecule has 0 aliphatic carbocycles. The molecule has 3 amide bonds. The van der Waals surface area contributed by atoms with Crippen LogP contribution in [0.25, 0.3) is 0 Å². The molecule has 0 aromatic carbocycles. The van der Waals surface area contributed by atoms with Crippen molar-refractivity contribution in [3.05, 3.63) is 12.2 Å². The van der Waals surface area contributed by atoms with Gasteiger partial charge in [-0.2, -0.15) is 0 Å². The molecule has 0 aliphatic rings. The monoisotopic (exact) mass is 271 g/mol. The maximum atomic E-state index is 11.9. The van der Waals surface area contributed by atoms with Gasteiger partial charge in [-0.1, -0.05) is 12.2 Å². The molecule has 4 N–H and O–H groups in total. The van der Waals surface area contributed by atoms with Crippen LogP contribution in [0.2, 0.25) is 0 Å². The van der Waals surface area contributed by atoms with Crippen molar-refractivity contribution < 1.29 is 19.5 Å². The molecule has 0 fully saturated rings. The van der Waals surface area contributed by atoms with Gasteiger partial charge in [0.1, 0.15) is 6.04 Å². The molecule has 1 unspecified atom stereocenters. The van der Waals surface area contributed by atoms with Gasteiger partial charge in [-0.3, -0.25) is 4.79 Å². The Kier molecular flexibility index (Phi) is 7.25. The Bertz CT molecular complexity index is 368. The van der Waals surface area contributed by atoms with Crippen LogP contribution in [0.3, 0.4) is 0 Å². The zero-order valence-corrected chi connectivity index (χ0v) is 11.3. The SMILES string of the molecule is C=C(C)CN(CC)C(=O)NC(CCC(N)=O)C(=O)O. The second-order valence-corrected chi connectivity index (χ2v) is 4.32. The van der Waals surface area contributed by atoms with Crippen LogP contribution in [0, 0.1) is 0 Å². The second kappa shape index (κ2) is 8.12. The van der Waals surface area contributed by atoms with Crippen LogP contribution in [0.5, 0.6) is 0 Å². The lowest BCUT2D eigenvalue weighted by Gasteiger charge is -2.23. The van der Waals surface area contributed by atoms with Crippen molar-refractivity contribution in [3.63, 3.8) is 0 Å². The zero-order valence-electron chi connectivity index (χ0n) is 11.3. The lowest BCUT2D eigenvalue weighted by atomic mass is 10.1. The molecule has 0 heterocycles. The van der Waals surface area contributed by atoms with E-state index in [1.165, 1.54) is 4.90 Å². The summed E-state index contributed by atoms with van der Waals surface area (Å²) in [5, 5.41) is 11.3. The van der Waals surface area contributed by atoms with Crippen LogP contribution < -0.4 is 11.1 Å². The minimum atomic E-state index is -1.19. The standard InChI is InChI=1S/C12H21N3O4/c1-4-15(7-8(2)3)12(19)14-9(11(17)18)5-6-10(13)16/h9H,2,4-7H2,1,3H3,(H2,13,16)(H,14,19)(H,17,18). The van der Waals surface area contributed by atoms with Gasteiger partial charge >= 0.3 is 12.0 Å². The normalized spacial score (nSPS) is 11.5. The highest BCUT2D eigenvalue weighted by molar-refractivity contribution is 5.83. The van der Waals surface area contributed by atoms with Crippen molar-refractivity contribution in [2.45, 2.75) is 32.7 Å². The molecule has 7 nitrogen and oxygen atoms in total. The van der Waals surface area contributed by atoms with Gasteiger partial charge in [0.25, 0.3) is 0 Å². The highest BCUT2D eigenvalue weighted by Gasteiger charge is 2.22. The number of nitrogens with zero attached hydrogens (tertiary/aromatic N) is 1. The molecule has 0 bridgehead atoms. The van der Waals surface area contributed by atoms with Gasteiger partial charge in [0, 0.05) is 19.5 Å². The molecule has 0 rings (SSSR count). The van der Waals surface area contributed by atoms with E-state index in [0.717, 1.165) is 5.57 Å². The molecule has 0 aliphatic heterocycles. The number of urea groups is 1. The van der Waals surface area contributed by atoms with E-state index in [1.807, 2.05) is 0 Å². The number of hydrogen-bond acceptors (Lipinski definition) is 3. The smallest absolute Gasteiger partial charge is 0.326 e. The molecule has 0 saturated carbocycles. The average molecular weight is 271 g/mol. The lowest BCUT2D eigenvalue weighted by molar-refractivity contribution is -0.139. The highest BCUT2D eigenvalue weighted by Crippen LogP contribution is 2.01. The van der Waals surface area contributed by atoms with Gasteiger partial charge in [-0.25, -0.2) is 9.59 Å². The van der Waals surface area contributed by atoms with E-state index in [1.54, 1.807) is 13.8 Å². The van der Waals surface area contributed by atoms with Crippen molar-refractivity contribution in [2.24, 2.45) is 5.73 Å². The molecule has 0 saturated heterocycles. The molecule has 1 atom stereocenters. The minimum Gasteiger partial charge on any atom is -0.480 e. The summed E-state index contributed by atoms with van der Waals surface area (Å²) in [4.78, 5) is 34.9. The summed E-state index contributed by atoms with van der Waals surface area (Å²) < 4.78 is 0. The molecule has 0 spiro atoms. The van der Waals surface area contributed by atoms with E-state index in [2.05, 4.69) is 11.9 Å². The Hall–Kier alpha value is -2.05. The third-order valence-electron chi connectivity index (χ3n) is 2.40. The van der Waals surface area contributed by atoms with E-state index in [4.69, 9.17) is 10.8 Å². The number of hydrogen-bond donors (Lipinski definition) is 3. The molecule has 7 heteroatoms. The predicted molar refractivity (Wildman–Crippen MR) is 70.4 cm³/mol. The minimum absolute atomic E-state index is 0.0268. The number of rotatable bonds is 8. The first-order valence-corrected chi connectivity index (χ1v) is 5.98. The van der Waals surface area contributed by atoms with Crippen molar-refractivity contribution in [3.8, 4) is 0 Å². The van der Waals surface area contributed by atoms with Crippen LogP contribution in [0.1, 0.15) is 26.7 Å². The highest BCUT2D eigenvalue weighted by atomic mass is 16.4. The Morgan fingerprint density at radius 1 is 1.42 bits per heavy atom. The Morgan fingerprint density at radius 3 is 2.37 bits per heavy atom. The van der Waals surface area contributed by atoms with Gasteiger partial charge in [-0.05, 0) is 20.3 Å². The number of carbonyl (C=O) groups excluding carboxylic acids is 2. The first kappa shape index (κ1) is 16.9. The molecular weight excluding hydrogens is 250 g/mol. The van der Waals surface area contributed by atoms with Crippen LogP contribution >= 0.6 is 0 Å². The van der Waals surface area contributed by atoms with Crippen molar-refractivity contribution in [1.82, 2.24) is 10.2 Å². The van der Waals surface area contributed by atoms with Crippen molar-refractivity contribution >= 4 is 17.9 Å². The summed E-state index contributed by atoms with van der Waals surface area (Å²) in [6.45, 7) is 8.04. The third kappa shape index (κ3) is 7.07. The first-order chi connectivity index (χ1) is 8.77. The average Bonchev–Trinajstić information content (AvgIpc) is 2.30. The summed E-state index contributed by atoms with van der Waals surface area (Å²) >= 11 is 0. The fourth-order valence-electron chi connectivity index (χ4n) is 1.44. The number of amides is 3. The summed E-state index contributed by atoms with van der Waals surface area (Å²) in [5.74, 6) is -1.80. The van der Waals surface area contributed by atoms with E-state index in [0.29, 0.717) is 13.1 Å². The number of nitrogens with one attached hydrogen (secondary N) is 1. The van der Waals surface area contributed by atoms with E-state index in [9.17, 15) is 14.4 Å². The quantitative estimate of drug-likeness (QED) is 0.551. The summed E-state index contributed by atoms with van der Waals surface area (Å²) in [5.41, 5.74) is 5.75. The largest absolute Gasteiger partial charge is 0.480 e. The summed E-state index contributed by atoms with van der Waals surface area (Å²) in [6.07, 6.45) is -0.120. The maximum absolute atomic E-state index is 11.9. The molecular formula is C12H21N3O4. The van der Waals surface area contributed by atoms with E-state index in [-0.39, 0.29) is 12.8 Å². The van der Waals surface area contributed by atoms with Gasteiger partial charge in [0.2, 0.25) is 5.91 Å². The fraction of sp³-hybridized carbons (Fsp3) is 0.583. The summed E-state index contributed by atoms with van der Waals surface area (Å²) in [6, 6.07) is -1.62. The fourth-order valence-corrected chi connectivity index (χ4v) is 1.44. The molecule has 108 valence electrons. The van der Waals surface area contributed by atoms with Gasteiger partial charge < -0.3 is 21.1 Å². The van der Waals surface area contributed by atoms with Gasteiger partial charge in [0.15, 0.2) is 0 Å². The Morgan fingerprint density at radius 2 is 2.00 bits per heavy atom. The van der Waals surface area contributed by atoms with Crippen LogP contribution in [0.4, 0.5) is 4.79 Å². The third-order valence-corrected chi connectivity index (χ3v) is 2.40. The van der Waals surface area contributed by atoms with Crippen molar-refractivity contribution in [2.75, 3.05) is 13.1 Å². The van der Waals surface area contributed by atoms with Crippen LogP contribution in [0.15, 0.2) is 12.2 Å². The molecule has 0 aromatic heterocycles. The Labute approximate surface area is 112 Å². The summed E-state index contributed by atoms with van der Waals surface area (Å²) in [7, 11) is 0. The number of nitrogens with two attached hydrogens (primary N) is 1. The lowest BCUT2D eigenvalue weighted by Crippen LogP contribution is -2.48. The second-order valence-electron chi connectivity index (χ2n) is 4.32.